The lowest BCUT2D eigenvalue weighted by molar-refractivity contribution is -0.384. The standard InChI is InChI=1S/C25H18ClN3O6S2/c1-3-34-24(31)21-13(2)27-25-28(22(21)19-5-4-10-36-19)23(30)20(37-25)12-15-7-9-18(35-15)14-6-8-16(26)17(11-14)29(32)33/h4-12,22H,3H2,1-2H3. The summed E-state index contributed by atoms with van der Waals surface area (Å²) < 4.78 is 13.0. The summed E-state index contributed by atoms with van der Waals surface area (Å²) in [6.07, 6.45) is 1.59. The number of thiazole rings is 1. The van der Waals surface area contributed by atoms with Crippen LogP contribution in [0.15, 0.2) is 73.3 Å². The Kier molecular flexibility index (Phi) is 6.67. The molecule has 0 aliphatic carbocycles. The van der Waals surface area contributed by atoms with Crippen molar-refractivity contribution >= 4 is 52.0 Å². The molecule has 4 heterocycles. The van der Waals surface area contributed by atoms with E-state index in [-0.39, 0.29) is 22.9 Å². The second-order valence-electron chi connectivity index (χ2n) is 7.94. The zero-order chi connectivity index (χ0) is 26.3. The molecule has 37 heavy (non-hydrogen) atoms. The van der Waals surface area contributed by atoms with Gasteiger partial charge < -0.3 is 9.15 Å². The Balaban J connectivity index is 1.59. The fraction of sp³-hybridized carbons (Fsp3) is 0.160. The quantitative estimate of drug-likeness (QED) is 0.194. The average Bonchev–Trinajstić information content (AvgIpc) is 3.61. The second-order valence-corrected chi connectivity index (χ2v) is 10.3. The third kappa shape index (κ3) is 4.57. The van der Waals surface area contributed by atoms with Gasteiger partial charge in [0.05, 0.1) is 27.3 Å². The Morgan fingerprint density at radius 1 is 1.32 bits per heavy atom. The summed E-state index contributed by atoms with van der Waals surface area (Å²) in [7, 11) is 0. The van der Waals surface area contributed by atoms with Crippen LogP contribution in [-0.2, 0) is 9.53 Å². The molecular formula is C25H18ClN3O6S2. The number of ether oxygens (including phenoxy) is 1. The van der Waals surface area contributed by atoms with E-state index in [0.29, 0.717) is 37.7 Å². The number of carbonyl (C=O) groups excluding carboxylic acids is 1. The van der Waals surface area contributed by atoms with Gasteiger partial charge in [-0.2, -0.15) is 0 Å². The normalized spacial score (nSPS) is 15.4. The first-order chi connectivity index (χ1) is 17.8. The molecule has 0 N–H and O–H groups in total. The van der Waals surface area contributed by atoms with Gasteiger partial charge in [0.25, 0.3) is 11.2 Å². The number of fused-ring (bicyclic) bond motifs is 1. The molecule has 1 aliphatic rings. The summed E-state index contributed by atoms with van der Waals surface area (Å²) in [5, 5.41) is 13.1. The number of rotatable bonds is 6. The van der Waals surface area contributed by atoms with E-state index >= 15 is 0 Å². The molecule has 0 bridgehead atoms. The van der Waals surface area contributed by atoms with Gasteiger partial charge in [-0.15, -0.1) is 11.3 Å². The van der Waals surface area contributed by atoms with Crippen LogP contribution >= 0.6 is 34.3 Å². The number of nitro groups is 1. The SMILES string of the molecule is CCOC(=O)C1=C(C)N=c2sc(=Cc3ccc(-c4ccc(Cl)c([N+](=O)[O-])c4)o3)c(=O)n2C1c1cccs1. The summed E-state index contributed by atoms with van der Waals surface area (Å²) in [5.41, 5.74) is 0.745. The first-order valence-electron chi connectivity index (χ1n) is 11.1. The van der Waals surface area contributed by atoms with Gasteiger partial charge in [0.1, 0.15) is 22.6 Å². The van der Waals surface area contributed by atoms with Gasteiger partial charge in [-0.25, -0.2) is 9.79 Å². The molecule has 4 aromatic rings. The van der Waals surface area contributed by atoms with Crippen molar-refractivity contribution in [1.29, 1.82) is 0 Å². The maximum absolute atomic E-state index is 13.6. The highest BCUT2D eigenvalue weighted by atomic mass is 35.5. The van der Waals surface area contributed by atoms with Crippen LogP contribution in [0.5, 0.6) is 0 Å². The molecule has 12 heteroatoms. The predicted molar refractivity (Wildman–Crippen MR) is 141 cm³/mol. The van der Waals surface area contributed by atoms with E-state index in [2.05, 4.69) is 4.99 Å². The van der Waals surface area contributed by atoms with Crippen LogP contribution in [0.4, 0.5) is 5.69 Å². The summed E-state index contributed by atoms with van der Waals surface area (Å²) in [6.45, 7) is 3.66. The van der Waals surface area contributed by atoms with Crippen molar-refractivity contribution < 1.29 is 18.9 Å². The fourth-order valence-electron chi connectivity index (χ4n) is 4.03. The summed E-state index contributed by atoms with van der Waals surface area (Å²) >= 11 is 8.53. The van der Waals surface area contributed by atoms with E-state index in [4.69, 9.17) is 20.8 Å². The third-order valence-electron chi connectivity index (χ3n) is 5.66. The van der Waals surface area contributed by atoms with Crippen LogP contribution in [0.25, 0.3) is 17.4 Å². The minimum absolute atomic E-state index is 0.0272. The average molecular weight is 556 g/mol. The van der Waals surface area contributed by atoms with Crippen LogP contribution in [0, 0.1) is 10.1 Å². The Morgan fingerprint density at radius 2 is 2.14 bits per heavy atom. The van der Waals surface area contributed by atoms with Crippen molar-refractivity contribution in [2.24, 2.45) is 4.99 Å². The van der Waals surface area contributed by atoms with Crippen LogP contribution in [-0.4, -0.2) is 22.1 Å². The number of benzene rings is 1. The topological polar surface area (TPSA) is 117 Å². The van der Waals surface area contributed by atoms with Gasteiger partial charge in [-0.1, -0.05) is 29.0 Å². The molecule has 0 amide bonds. The number of carbonyl (C=O) groups is 1. The highest BCUT2D eigenvalue weighted by Crippen LogP contribution is 2.33. The number of nitrogens with zero attached hydrogens (tertiary/aromatic N) is 3. The van der Waals surface area contributed by atoms with Crippen molar-refractivity contribution in [1.82, 2.24) is 4.57 Å². The number of esters is 1. The number of aromatic nitrogens is 1. The number of allylic oxidation sites excluding steroid dienone is 1. The van der Waals surface area contributed by atoms with E-state index in [0.717, 1.165) is 4.88 Å². The Labute approximate surface area is 222 Å². The number of hydrogen-bond donors (Lipinski definition) is 0. The number of nitro benzene ring substituents is 1. The first kappa shape index (κ1) is 24.9. The minimum atomic E-state index is -0.653. The van der Waals surface area contributed by atoms with Gasteiger partial charge in [0.2, 0.25) is 0 Å². The van der Waals surface area contributed by atoms with Crippen LogP contribution in [0.2, 0.25) is 5.02 Å². The molecule has 3 aromatic heterocycles. The number of hydrogen-bond acceptors (Lipinski definition) is 9. The Hall–Kier alpha value is -3.80. The van der Waals surface area contributed by atoms with Crippen molar-refractivity contribution in [3.05, 3.63) is 105 Å². The van der Waals surface area contributed by atoms with E-state index in [1.165, 1.54) is 39.4 Å². The predicted octanol–water partition coefficient (Wildman–Crippen LogP) is 4.68. The summed E-state index contributed by atoms with van der Waals surface area (Å²) in [4.78, 5) is 42.9. The first-order valence-corrected chi connectivity index (χ1v) is 13.1. The lowest BCUT2D eigenvalue weighted by atomic mass is 10.0. The molecule has 0 saturated carbocycles. The molecule has 5 rings (SSSR count). The molecule has 1 unspecified atom stereocenters. The molecule has 188 valence electrons. The van der Waals surface area contributed by atoms with Gasteiger partial charge in [-0.3, -0.25) is 19.5 Å². The van der Waals surface area contributed by atoms with Crippen molar-refractivity contribution in [3.63, 3.8) is 0 Å². The Morgan fingerprint density at radius 3 is 2.84 bits per heavy atom. The number of halogens is 1. The lowest BCUT2D eigenvalue weighted by Gasteiger charge is -2.23. The molecule has 9 nitrogen and oxygen atoms in total. The highest BCUT2D eigenvalue weighted by molar-refractivity contribution is 7.10. The fourth-order valence-corrected chi connectivity index (χ4v) is 6.06. The third-order valence-corrected chi connectivity index (χ3v) is 7.88. The van der Waals surface area contributed by atoms with Crippen LogP contribution in [0.3, 0.4) is 0 Å². The molecule has 0 radical (unpaired) electrons. The number of furan rings is 1. The molecule has 0 spiro atoms. The highest BCUT2D eigenvalue weighted by Gasteiger charge is 2.33. The van der Waals surface area contributed by atoms with Crippen LogP contribution < -0.4 is 14.9 Å². The summed E-state index contributed by atoms with van der Waals surface area (Å²) in [5.74, 6) is 0.256. The van der Waals surface area contributed by atoms with Gasteiger partial charge >= 0.3 is 5.97 Å². The molecule has 0 fully saturated rings. The van der Waals surface area contributed by atoms with E-state index < -0.39 is 16.9 Å². The largest absolute Gasteiger partial charge is 0.463 e. The molecular weight excluding hydrogens is 538 g/mol. The molecule has 0 saturated heterocycles. The van der Waals surface area contributed by atoms with E-state index in [9.17, 15) is 19.7 Å². The molecule has 1 atom stereocenters. The minimum Gasteiger partial charge on any atom is -0.463 e. The van der Waals surface area contributed by atoms with Crippen LogP contribution in [0.1, 0.15) is 30.5 Å². The van der Waals surface area contributed by atoms with Crippen molar-refractivity contribution in [2.45, 2.75) is 19.9 Å². The van der Waals surface area contributed by atoms with Gasteiger partial charge in [-0.05, 0) is 49.6 Å². The smallest absolute Gasteiger partial charge is 0.338 e. The lowest BCUT2D eigenvalue weighted by Crippen LogP contribution is -2.39. The van der Waals surface area contributed by atoms with Crippen molar-refractivity contribution in [2.75, 3.05) is 6.61 Å². The second kappa shape index (κ2) is 9.92. The summed E-state index contributed by atoms with van der Waals surface area (Å²) in [6, 6.07) is 10.8. The molecule has 1 aliphatic heterocycles. The zero-order valence-electron chi connectivity index (χ0n) is 19.5. The monoisotopic (exact) mass is 555 g/mol. The van der Waals surface area contributed by atoms with Gasteiger partial charge in [0, 0.05) is 22.6 Å². The van der Waals surface area contributed by atoms with E-state index in [1.807, 2.05) is 17.5 Å². The maximum Gasteiger partial charge on any atom is 0.338 e. The Bertz CT molecular complexity index is 1750. The van der Waals surface area contributed by atoms with Crippen molar-refractivity contribution in [3.8, 4) is 11.3 Å². The zero-order valence-corrected chi connectivity index (χ0v) is 21.9. The number of thiophene rings is 1. The van der Waals surface area contributed by atoms with E-state index in [1.54, 1.807) is 38.1 Å². The maximum atomic E-state index is 13.6. The van der Waals surface area contributed by atoms with Gasteiger partial charge in [0.15, 0.2) is 4.80 Å². The molecule has 1 aromatic carbocycles.